The van der Waals surface area contributed by atoms with E-state index in [4.69, 9.17) is 4.74 Å². The maximum atomic E-state index is 12.4. The van der Waals surface area contributed by atoms with Gasteiger partial charge in [-0.25, -0.2) is 9.67 Å². The quantitative estimate of drug-likeness (QED) is 0.662. The maximum Gasteiger partial charge on any atom is 0.277 e. The Morgan fingerprint density at radius 1 is 1.26 bits per heavy atom. The number of pyridine rings is 1. The van der Waals surface area contributed by atoms with Gasteiger partial charge in [0.05, 0.1) is 18.9 Å². The lowest BCUT2D eigenvalue weighted by Crippen LogP contribution is -2.33. The molecule has 0 bridgehead atoms. The lowest BCUT2D eigenvalue weighted by molar-refractivity contribution is 0.0277. The van der Waals surface area contributed by atoms with Crippen molar-refractivity contribution in [3.63, 3.8) is 0 Å². The number of morpholine rings is 1. The van der Waals surface area contributed by atoms with Crippen LogP contribution in [0.15, 0.2) is 53.3 Å². The fourth-order valence-corrected chi connectivity index (χ4v) is 2.97. The first kappa shape index (κ1) is 17.8. The highest BCUT2D eigenvalue weighted by Gasteiger charge is 2.16. The summed E-state index contributed by atoms with van der Waals surface area (Å²) in [5.41, 5.74) is 1.97. The third-order valence-electron chi connectivity index (χ3n) is 4.14. The lowest BCUT2D eigenvalue weighted by Gasteiger charge is -2.24. The molecule has 138 valence electrons. The van der Waals surface area contributed by atoms with Crippen LogP contribution in [0.5, 0.6) is 0 Å². The number of nitrogens with one attached hydrogen (secondary N) is 2. The van der Waals surface area contributed by atoms with Gasteiger partial charge >= 0.3 is 0 Å². The summed E-state index contributed by atoms with van der Waals surface area (Å²) in [4.78, 5) is 16.6. The van der Waals surface area contributed by atoms with Crippen LogP contribution >= 0.6 is 15.9 Å². The fourth-order valence-electron chi connectivity index (χ4n) is 2.74. The Labute approximate surface area is 164 Å². The molecule has 1 amide bonds. The number of hydrogen-bond donors (Lipinski definition) is 2. The number of benzene rings is 1. The molecule has 0 saturated carbocycles. The molecule has 2 N–H and O–H groups in total. The van der Waals surface area contributed by atoms with Crippen LogP contribution in [0.2, 0.25) is 0 Å². The number of aromatic nitrogens is 4. The second-order valence-corrected chi connectivity index (χ2v) is 6.94. The van der Waals surface area contributed by atoms with Crippen molar-refractivity contribution < 1.29 is 9.53 Å². The number of amides is 1. The van der Waals surface area contributed by atoms with Gasteiger partial charge in [-0.15, -0.1) is 5.10 Å². The highest BCUT2D eigenvalue weighted by Crippen LogP contribution is 2.21. The highest BCUT2D eigenvalue weighted by atomic mass is 79.9. The summed E-state index contributed by atoms with van der Waals surface area (Å²) >= 11 is 3.33. The molecule has 1 fully saturated rings. The van der Waals surface area contributed by atoms with Gasteiger partial charge in [-0.1, -0.05) is 17.3 Å². The van der Waals surface area contributed by atoms with E-state index in [1.54, 1.807) is 18.5 Å². The monoisotopic (exact) mass is 428 g/mol. The topological polar surface area (TPSA) is 94.0 Å². The standard InChI is InChI=1S/C18H17BrN6O2/c19-13-3-6-17(21-9-13)25-11-15(23-24-25)18(26)22-14-4-1-12(2-5-14)16-10-20-7-8-27-16/h1-6,9,11,16,20H,7-8,10H2,(H,22,26). The molecule has 0 radical (unpaired) electrons. The molecular weight excluding hydrogens is 412 g/mol. The molecule has 9 heteroatoms. The molecule has 4 rings (SSSR count). The van der Waals surface area contributed by atoms with Crippen molar-refractivity contribution >= 4 is 27.5 Å². The van der Waals surface area contributed by atoms with Gasteiger partial charge in [-0.2, -0.15) is 0 Å². The smallest absolute Gasteiger partial charge is 0.277 e. The summed E-state index contributed by atoms with van der Waals surface area (Å²) in [6.07, 6.45) is 3.24. The summed E-state index contributed by atoms with van der Waals surface area (Å²) in [6.45, 7) is 2.37. The van der Waals surface area contributed by atoms with E-state index < -0.39 is 0 Å². The molecule has 27 heavy (non-hydrogen) atoms. The molecule has 1 saturated heterocycles. The average molecular weight is 429 g/mol. The van der Waals surface area contributed by atoms with Gasteiger partial charge in [-0.3, -0.25) is 4.79 Å². The molecule has 1 unspecified atom stereocenters. The van der Waals surface area contributed by atoms with Crippen LogP contribution in [0.1, 0.15) is 22.2 Å². The fraction of sp³-hybridized carbons (Fsp3) is 0.222. The summed E-state index contributed by atoms with van der Waals surface area (Å²) in [6, 6.07) is 11.2. The van der Waals surface area contributed by atoms with Gasteiger partial charge < -0.3 is 15.4 Å². The van der Waals surface area contributed by atoms with E-state index in [9.17, 15) is 4.79 Å². The third kappa shape index (κ3) is 4.21. The highest BCUT2D eigenvalue weighted by molar-refractivity contribution is 9.10. The van der Waals surface area contributed by atoms with Crippen molar-refractivity contribution in [1.29, 1.82) is 0 Å². The second-order valence-electron chi connectivity index (χ2n) is 6.02. The van der Waals surface area contributed by atoms with Crippen LogP contribution in [-0.4, -0.2) is 45.6 Å². The summed E-state index contributed by atoms with van der Waals surface area (Å²) in [5.74, 6) is 0.247. The lowest BCUT2D eigenvalue weighted by atomic mass is 10.1. The van der Waals surface area contributed by atoms with Gasteiger partial charge in [0.15, 0.2) is 11.5 Å². The van der Waals surface area contributed by atoms with Crippen molar-refractivity contribution in [2.75, 3.05) is 25.0 Å². The van der Waals surface area contributed by atoms with Crippen LogP contribution in [0, 0.1) is 0 Å². The van der Waals surface area contributed by atoms with E-state index >= 15 is 0 Å². The van der Waals surface area contributed by atoms with Crippen molar-refractivity contribution in [2.45, 2.75) is 6.10 Å². The Bertz CT molecular complexity index is 920. The SMILES string of the molecule is O=C(Nc1ccc(C2CNCCO2)cc1)c1cn(-c2ccc(Br)cn2)nn1. The maximum absolute atomic E-state index is 12.4. The summed E-state index contributed by atoms with van der Waals surface area (Å²) in [5, 5.41) is 14.0. The normalized spacial score (nSPS) is 16.9. The Morgan fingerprint density at radius 3 is 2.81 bits per heavy atom. The zero-order chi connectivity index (χ0) is 18.6. The molecule has 8 nitrogen and oxygen atoms in total. The van der Waals surface area contributed by atoms with Crippen molar-refractivity contribution in [3.8, 4) is 5.82 Å². The van der Waals surface area contributed by atoms with Gasteiger partial charge in [0.1, 0.15) is 0 Å². The molecule has 1 aromatic carbocycles. The van der Waals surface area contributed by atoms with Crippen molar-refractivity contribution in [3.05, 3.63) is 64.5 Å². The summed E-state index contributed by atoms with van der Waals surface area (Å²) < 4.78 is 8.05. The van der Waals surface area contributed by atoms with E-state index in [1.165, 1.54) is 4.68 Å². The first-order valence-electron chi connectivity index (χ1n) is 8.47. The molecule has 0 aliphatic carbocycles. The van der Waals surface area contributed by atoms with Gasteiger partial charge in [0, 0.05) is 29.4 Å². The Hall–Kier alpha value is -2.62. The van der Waals surface area contributed by atoms with E-state index in [1.807, 2.05) is 30.3 Å². The van der Waals surface area contributed by atoms with Gasteiger partial charge in [0.2, 0.25) is 0 Å². The van der Waals surface area contributed by atoms with Crippen LogP contribution in [0.25, 0.3) is 5.82 Å². The third-order valence-corrected chi connectivity index (χ3v) is 4.61. The predicted molar refractivity (Wildman–Crippen MR) is 103 cm³/mol. The Balaban J connectivity index is 1.42. The molecule has 1 aliphatic heterocycles. The molecular formula is C18H17BrN6O2. The van der Waals surface area contributed by atoms with Crippen LogP contribution in [-0.2, 0) is 4.74 Å². The molecule has 0 spiro atoms. The number of anilines is 1. The van der Waals surface area contributed by atoms with Gasteiger partial charge in [-0.05, 0) is 45.8 Å². The molecule has 1 atom stereocenters. The van der Waals surface area contributed by atoms with E-state index in [0.717, 1.165) is 23.1 Å². The Kier molecular flexibility index (Phi) is 5.23. The van der Waals surface area contributed by atoms with Crippen LogP contribution in [0.3, 0.4) is 0 Å². The van der Waals surface area contributed by atoms with Crippen molar-refractivity contribution in [1.82, 2.24) is 25.3 Å². The zero-order valence-corrected chi connectivity index (χ0v) is 15.9. The van der Waals surface area contributed by atoms with Crippen LogP contribution in [0.4, 0.5) is 5.69 Å². The number of nitrogens with zero attached hydrogens (tertiary/aromatic N) is 4. The molecule has 1 aliphatic rings. The number of hydrogen-bond acceptors (Lipinski definition) is 6. The molecule has 3 heterocycles. The molecule has 3 aromatic rings. The van der Waals surface area contributed by atoms with E-state index in [0.29, 0.717) is 18.1 Å². The zero-order valence-electron chi connectivity index (χ0n) is 14.3. The van der Waals surface area contributed by atoms with E-state index in [2.05, 4.69) is 41.9 Å². The number of rotatable bonds is 4. The first-order valence-corrected chi connectivity index (χ1v) is 9.26. The van der Waals surface area contributed by atoms with E-state index in [-0.39, 0.29) is 17.7 Å². The number of carbonyl (C=O) groups excluding carboxylic acids is 1. The summed E-state index contributed by atoms with van der Waals surface area (Å²) in [7, 11) is 0. The second kappa shape index (κ2) is 7.95. The first-order chi connectivity index (χ1) is 13.2. The minimum absolute atomic E-state index is 0.0433. The number of carbonyl (C=O) groups is 1. The Morgan fingerprint density at radius 2 is 2.11 bits per heavy atom. The average Bonchev–Trinajstić information content (AvgIpc) is 3.20. The minimum atomic E-state index is -0.332. The largest absolute Gasteiger partial charge is 0.371 e. The van der Waals surface area contributed by atoms with Gasteiger partial charge in [0.25, 0.3) is 5.91 Å². The number of ether oxygens (including phenoxy) is 1. The van der Waals surface area contributed by atoms with Crippen LogP contribution < -0.4 is 10.6 Å². The minimum Gasteiger partial charge on any atom is -0.371 e. The molecule has 2 aromatic heterocycles. The van der Waals surface area contributed by atoms with Crippen molar-refractivity contribution in [2.24, 2.45) is 0 Å². The predicted octanol–water partition coefficient (Wildman–Crippen LogP) is 2.34. The number of halogens is 1.